The minimum atomic E-state index is -2.52. The number of benzene rings is 1. The number of hydrogen-bond donors (Lipinski definition) is 1. The number of halogens is 2. The van der Waals surface area contributed by atoms with E-state index in [0.717, 1.165) is 29.4 Å². The second-order valence-corrected chi connectivity index (χ2v) is 8.08. The molecule has 164 valence electrons. The second kappa shape index (κ2) is 8.70. The maximum atomic E-state index is 13.1. The number of fused-ring (bicyclic) bond motifs is 1. The molecule has 1 unspecified atom stereocenters. The molecule has 1 aliphatic heterocycles. The first-order valence-corrected chi connectivity index (χ1v) is 10.5. The molecule has 0 radical (unpaired) electrons. The van der Waals surface area contributed by atoms with Crippen LogP contribution in [0.1, 0.15) is 60.5 Å². The van der Waals surface area contributed by atoms with E-state index < -0.39 is 6.43 Å². The number of aromatic nitrogens is 3. The fourth-order valence-corrected chi connectivity index (χ4v) is 4.27. The van der Waals surface area contributed by atoms with Gasteiger partial charge in [0.1, 0.15) is 0 Å². The first-order valence-electron chi connectivity index (χ1n) is 10.5. The molecule has 3 heterocycles. The normalized spacial score (nSPS) is 16.1. The highest BCUT2D eigenvalue weighted by Crippen LogP contribution is 2.31. The number of nitrogens with zero attached hydrogens (tertiary/aromatic N) is 3. The van der Waals surface area contributed by atoms with Crippen molar-refractivity contribution in [1.29, 1.82) is 0 Å². The fourth-order valence-electron chi connectivity index (χ4n) is 4.27. The van der Waals surface area contributed by atoms with Crippen LogP contribution in [0.4, 0.5) is 14.6 Å². The van der Waals surface area contributed by atoms with E-state index in [4.69, 9.17) is 4.74 Å². The summed E-state index contributed by atoms with van der Waals surface area (Å²) in [7, 11) is 1.75. The van der Waals surface area contributed by atoms with Crippen LogP contribution in [-0.2, 0) is 11.8 Å². The molecular formula is C23H26F2N4O2. The van der Waals surface area contributed by atoms with Crippen molar-refractivity contribution >= 4 is 16.7 Å². The Morgan fingerprint density at radius 3 is 2.58 bits per heavy atom. The molecule has 1 fully saturated rings. The molecule has 1 N–H and O–H groups in total. The molecule has 1 atom stereocenters. The lowest BCUT2D eigenvalue weighted by Gasteiger charge is -2.24. The molecule has 2 aromatic heterocycles. The zero-order chi connectivity index (χ0) is 22.1. The van der Waals surface area contributed by atoms with Crippen LogP contribution in [0.15, 0.2) is 35.1 Å². The first kappa shape index (κ1) is 21.4. The Labute approximate surface area is 179 Å². The number of nitrogens with one attached hydrogen (secondary N) is 1. The molecule has 0 amide bonds. The van der Waals surface area contributed by atoms with Crippen LogP contribution in [0.3, 0.4) is 0 Å². The largest absolute Gasteiger partial charge is 0.381 e. The molecule has 0 aliphatic carbocycles. The van der Waals surface area contributed by atoms with E-state index in [2.05, 4.69) is 15.5 Å². The quantitative estimate of drug-likeness (QED) is 0.641. The number of aryl methyl sites for hydroxylation is 2. The Hall–Kier alpha value is -2.87. The van der Waals surface area contributed by atoms with Crippen LogP contribution in [0.2, 0.25) is 0 Å². The zero-order valence-electron chi connectivity index (χ0n) is 17.9. The standard InChI is InChI=1S/C23H26F2N4O2/c1-13(16-5-4-6-17(11-16)21(24)25)26-22-19-12-18(15-7-9-31-10-8-15)23(30)29(3)20(19)14(2)27-28-22/h4-6,11-13,15,21H,7-10H2,1-3H3,(H,26,28). The van der Waals surface area contributed by atoms with Gasteiger partial charge in [0.25, 0.3) is 12.0 Å². The molecule has 6 nitrogen and oxygen atoms in total. The van der Waals surface area contributed by atoms with E-state index in [1.54, 1.807) is 23.7 Å². The summed E-state index contributed by atoms with van der Waals surface area (Å²) in [6.07, 6.45) is -0.918. The van der Waals surface area contributed by atoms with Crippen LogP contribution in [0, 0.1) is 6.92 Å². The lowest BCUT2D eigenvalue weighted by atomic mass is 9.91. The van der Waals surface area contributed by atoms with Crippen molar-refractivity contribution in [3.05, 3.63) is 63.1 Å². The monoisotopic (exact) mass is 428 g/mol. The summed E-state index contributed by atoms with van der Waals surface area (Å²) >= 11 is 0. The summed E-state index contributed by atoms with van der Waals surface area (Å²) in [5.74, 6) is 0.665. The maximum absolute atomic E-state index is 13.1. The molecular weight excluding hydrogens is 402 g/mol. The van der Waals surface area contributed by atoms with Gasteiger partial charge in [0.05, 0.1) is 17.3 Å². The van der Waals surface area contributed by atoms with Crippen LogP contribution < -0.4 is 10.9 Å². The third-order valence-corrected chi connectivity index (χ3v) is 6.02. The van der Waals surface area contributed by atoms with Gasteiger partial charge in [-0.15, -0.1) is 5.10 Å². The molecule has 0 saturated carbocycles. The van der Waals surface area contributed by atoms with E-state index in [0.29, 0.717) is 30.2 Å². The Bertz CT molecular complexity index is 1160. The van der Waals surface area contributed by atoms with Crippen molar-refractivity contribution in [2.75, 3.05) is 18.5 Å². The molecule has 31 heavy (non-hydrogen) atoms. The van der Waals surface area contributed by atoms with Crippen molar-refractivity contribution < 1.29 is 13.5 Å². The van der Waals surface area contributed by atoms with Gasteiger partial charge in [-0.1, -0.05) is 18.2 Å². The predicted octanol–water partition coefficient (Wildman–Crippen LogP) is 4.64. The number of ether oxygens (including phenoxy) is 1. The van der Waals surface area contributed by atoms with Gasteiger partial charge in [0.2, 0.25) is 0 Å². The van der Waals surface area contributed by atoms with Crippen molar-refractivity contribution in [1.82, 2.24) is 14.8 Å². The van der Waals surface area contributed by atoms with Crippen LogP contribution in [0.25, 0.3) is 10.9 Å². The number of hydrogen-bond acceptors (Lipinski definition) is 5. The minimum absolute atomic E-state index is 0.0183. The van der Waals surface area contributed by atoms with E-state index in [1.165, 1.54) is 12.1 Å². The minimum Gasteiger partial charge on any atom is -0.381 e. The van der Waals surface area contributed by atoms with Crippen molar-refractivity contribution in [3.8, 4) is 0 Å². The Morgan fingerprint density at radius 2 is 1.87 bits per heavy atom. The topological polar surface area (TPSA) is 69.0 Å². The van der Waals surface area contributed by atoms with Gasteiger partial charge >= 0.3 is 0 Å². The SMILES string of the molecule is Cc1nnc(NC(C)c2cccc(C(F)F)c2)c2cc(C3CCOCC3)c(=O)n(C)c12. The lowest BCUT2D eigenvalue weighted by Crippen LogP contribution is -2.27. The lowest BCUT2D eigenvalue weighted by molar-refractivity contribution is 0.0850. The summed E-state index contributed by atoms with van der Waals surface area (Å²) in [6, 6.07) is 7.98. The Morgan fingerprint density at radius 1 is 1.16 bits per heavy atom. The van der Waals surface area contributed by atoms with Crippen LogP contribution >= 0.6 is 0 Å². The van der Waals surface area contributed by atoms with Gasteiger partial charge in [0, 0.05) is 36.8 Å². The van der Waals surface area contributed by atoms with Crippen molar-refractivity contribution in [2.45, 2.75) is 45.1 Å². The van der Waals surface area contributed by atoms with Crippen LogP contribution in [-0.4, -0.2) is 28.0 Å². The van der Waals surface area contributed by atoms with E-state index in [-0.39, 0.29) is 23.1 Å². The molecule has 0 spiro atoms. The van der Waals surface area contributed by atoms with Crippen molar-refractivity contribution in [2.24, 2.45) is 7.05 Å². The molecule has 4 rings (SSSR count). The third kappa shape index (κ3) is 4.17. The average molecular weight is 428 g/mol. The highest BCUT2D eigenvalue weighted by molar-refractivity contribution is 5.91. The third-order valence-electron chi connectivity index (χ3n) is 6.02. The van der Waals surface area contributed by atoms with E-state index in [1.807, 2.05) is 19.9 Å². The summed E-state index contributed by atoms with van der Waals surface area (Å²) < 4.78 is 33.3. The van der Waals surface area contributed by atoms with Gasteiger partial charge in [0.15, 0.2) is 5.82 Å². The van der Waals surface area contributed by atoms with Crippen LogP contribution in [0.5, 0.6) is 0 Å². The molecule has 0 bridgehead atoms. The number of pyridine rings is 1. The second-order valence-electron chi connectivity index (χ2n) is 8.08. The molecule has 1 aromatic carbocycles. The fraction of sp³-hybridized carbons (Fsp3) is 0.435. The Kier molecular flexibility index (Phi) is 6.00. The van der Waals surface area contributed by atoms with Gasteiger partial charge < -0.3 is 14.6 Å². The molecule has 8 heteroatoms. The number of alkyl halides is 2. The molecule has 1 saturated heterocycles. The van der Waals surface area contributed by atoms with E-state index in [9.17, 15) is 13.6 Å². The van der Waals surface area contributed by atoms with Gasteiger partial charge in [-0.3, -0.25) is 4.79 Å². The highest BCUT2D eigenvalue weighted by atomic mass is 19.3. The number of anilines is 1. The van der Waals surface area contributed by atoms with Gasteiger partial charge in [-0.05, 0) is 50.3 Å². The summed E-state index contributed by atoms with van der Waals surface area (Å²) in [6.45, 7) is 4.99. The smallest absolute Gasteiger partial charge is 0.263 e. The molecule has 1 aliphatic rings. The highest BCUT2D eigenvalue weighted by Gasteiger charge is 2.23. The summed E-state index contributed by atoms with van der Waals surface area (Å²) in [5, 5.41) is 12.7. The maximum Gasteiger partial charge on any atom is 0.263 e. The predicted molar refractivity (Wildman–Crippen MR) is 116 cm³/mol. The van der Waals surface area contributed by atoms with Crippen molar-refractivity contribution in [3.63, 3.8) is 0 Å². The summed E-state index contributed by atoms with van der Waals surface area (Å²) in [5.41, 5.74) is 2.80. The average Bonchev–Trinajstić information content (AvgIpc) is 2.78. The number of rotatable bonds is 5. The zero-order valence-corrected chi connectivity index (χ0v) is 17.9. The summed E-state index contributed by atoms with van der Waals surface area (Å²) in [4.78, 5) is 13.1. The van der Waals surface area contributed by atoms with Gasteiger partial charge in [-0.25, -0.2) is 8.78 Å². The molecule has 3 aromatic rings. The Balaban J connectivity index is 1.77. The first-order chi connectivity index (χ1) is 14.9. The van der Waals surface area contributed by atoms with E-state index >= 15 is 0 Å². The van der Waals surface area contributed by atoms with Gasteiger partial charge in [-0.2, -0.15) is 5.10 Å².